The highest BCUT2D eigenvalue weighted by Gasteiger charge is 2.24. The third-order valence-corrected chi connectivity index (χ3v) is 8.02. The maximum atomic E-state index is 11.2. The van der Waals surface area contributed by atoms with Crippen molar-refractivity contribution in [2.24, 2.45) is 0 Å². The Bertz CT molecular complexity index is 1440. The van der Waals surface area contributed by atoms with E-state index < -0.39 is 15.9 Å². The molecule has 2 aromatic heterocycles. The van der Waals surface area contributed by atoms with Crippen LogP contribution in [0.4, 0.5) is 0 Å². The molecular weight excluding hydrogens is 482 g/mol. The number of ether oxygens (including phenoxy) is 3. The molecule has 0 aliphatic heterocycles. The second kappa shape index (κ2) is 9.68. The summed E-state index contributed by atoms with van der Waals surface area (Å²) in [6.07, 6.45) is 4.19. The minimum atomic E-state index is -4.28. The molecule has 0 aliphatic rings. The minimum absolute atomic E-state index is 0.235. The van der Waals surface area contributed by atoms with Crippen LogP contribution >= 0.6 is 22.7 Å². The Kier molecular flexibility index (Phi) is 6.89. The van der Waals surface area contributed by atoms with Crippen molar-refractivity contribution in [1.82, 2.24) is 0 Å². The van der Waals surface area contributed by atoms with Gasteiger partial charge in [0, 0.05) is 29.7 Å². The van der Waals surface area contributed by atoms with Crippen LogP contribution in [0, 0.1) is 0 Å². The second-order valence-electron chi connectivity index (χ2n) is 7.24. The third kappa shape index (κ3) is 4.98. The van der Waals surface area contributed by atoms with E-state index in [0.29, 0.717) is 18.0 Å². The zero-order valence-electron chi connectivity index (χ0n) is 18.4. The average molecular weight is 506 g/mol. The van der Waals surface area contributed by atoms with E-state index in [1.807, 2.05) is 47.9 Å². The molecule has 0 saturated heterocycles. The molecule has 0 aliphatic carbocycles. The molecule has 174 valence electrons. The number of hydrogen-bond donors (Lipinski definition) is 0. The largest absolute Gasteiger partial charge is 0.748 e. The van der Waals surface area contributed by atoms with Crippen LogP contribution in [0.25, 0.3) is 32.5 Å². The topological polar surface area (TPSA) is 88.8 Å². The van der Waals surface area contributed by atoms with Crippen molar-refractivity contribution in [3.8, 4) is 17.2 Å². The number of benzene rings is 2. The number of methoxy groups -OCH3 is 3. The second-order valence-corrected chi connectivity index (χ2v) is 10.7. The molecule has 0 atom stereocenters. The smallest absolute Gasteiger partial charge is 0.262 e. The molecule has 33 heavy (non-hydrogen) atoms. The SMILES string of the molecule is COc1ccc(C=Cc2sc3cc(OC)c4ccsc4c3[n+]2CCCS(=O)(=O)[O-])cc1OC. The highest BCUT2D eigenvalue weighted by atomic mass is 32.2. The summed E-state index contributed by atoms with van der Waals surface area (Å²) in [6.45, 7) is 0.409. The number of fused-ring (bicyclic) bond motifs is 3. The lowest BCUT2D eigenvalue weighted by molar-refractivity contribution is -0.667. The summed E-state index contributed by atoms with van der Waals surface area (Å²) in [6, 6.07) is 9.68. The molecule has 7 nitrogen and oxygen atoms in total. The molecule has 2 aromatic carbocycles. The van der Waals surface area contributed by atoms with Gasteiger partial charge in [-0.2, -0.15) is 4.57 Å². The van der Waals surface area contributed by atoms with E-state index >= 15 is 0 Å². The van der Waals surface area contributed by atoms with Crippen molar-refractivity contribution in [3.63, 3.8) is 0 Å². The number of nitrogens with zero attached hydrogens (tertiary/aromatic N) is 1. The van der Waals surface area contributed by atoms with Crippen LogP contribution in [0.2, 0.25) is 0 Å². The van der Waals surface area contributed by atoms with Crippen molar-refractivity contribution in [2.45, 2.75) is 13.0 Å². The summed E-state index contributed by atoms with van der Waals surface area (Å²) >= 11 is 3.19. The predicted molar refractivity (Wildman–Crippen MR) is 132 cm³/mol. The molecule has 0 bridgehead atoms. The third-order valence-electron chi connectivity index (χ3n) is 5.21. The van der Waals surface area contributed by atoms with Gasteiger partial charge in [0.1, 0.15) is 15.1 Å². The first-order valence-corrected chi connectivity index (χ1v) is 13.4. The monoisotopic (exact) mass is 505 g/mol. The van der Waals surface area contributed by atoms with Gasteiger partial charge < -0.3 is 18.8 Å². The van der Waals surface area contributed by atoms with E-state index in [1.54, 1.807) is 44.0 Å². The van der Waals surface area contributed by atoms with Crippen LogP contribution in [0.15, 0.2) is 35.7 Å². The van der Waals surface area contributed by atoms with E-state index in [2.05, 4.69) is 4.57 Å². The van der Waals surface area contributed by atoms with Crippen molar-refractivity contribution in [1.29, 1.82) is 0 Å². The summed E-state index contributed by atoms with van der Waals surface area (Å²) in [5.41, 5.74) is 1.94. The summed E-state index contributed by atoms with van der Waals surface area (Å²) in [4.78, 5) is 0. The fourth-order valence-electron chi connectivity index (χ4n) is 3.71. The fourth-order valence-corrected chi connectivity index (χ4v) is 6.36. The number of aryl methyl sites for hydroxylation is 1. The van der Waals surface area contributed by atoms with Gasteiger partial charge in [-0.25, -0.2) is 8.42 Å². The van der Waals surface area contributed by atoms with E-state index in [-0.39, 0.29) is 6.42 Å². The lowest BCUT2D eigenvalue weighted by Gasteiger charge is -2.07. The van der Waals surface area contributed by atoms with Crippen LogP contribution in [0.5, 0.6) is 17.2 Å². The van der Waals surface area contributed by atoms with E-state index in [4.69, 9.17) is 14.2 Å². The number of hydrogen-bond acceptors (Lipinski definition) is 8. The fraction of sp³-hybridized carbons (Fsp3) is 0.261. The molecular formula is C23H23NO6S3. The Morgan fingerprint density at radius 1 is 1.00 bits per heavy atom. The lowest BCUT2D eigenvalue weighted by atomic mass is 10.2. The standard InChI is InChI=1S/C23H23NO6S3/c1-28-17-7-5-15(13-19(17)30-3)6-8-21-24(10-4-12-33(25,26)27)22-20(32-21)14-18(29-2)16-9-11-31-23(16)22/h5-9,11,13-14H,4,10,12H2,1-3H3. The zero-order chi connectivity index (χ0) is 23.6. The predicted octanol–water partition coefficient (Wildman–Crippen LogP) is 4.54. The molecule has 4 rings (SSSR count). The lowest BCUT2D eigenvalue weighted by Crippen LogP contribution is -2.36. The number of thiazole rings is 1. The normalized spacial score (nSPS) is 12.1. The Balaban J connectivity index is 1.81. The van der Waals surface area contributed by atoms with Gasteiger partial charge >= 0.3 is 0 Å². The quantitative estimate of drug-likeness (QED) is 0.245. The van der Waals surface area contributed by atoms with Gasteiger partial charge in [-0.3, -0.25) is 0 Å². The van der Waals surface area contributed by atoms with Gasteiger partial charge in [-0.15, -0.1) is 11.3 Å². The van der Waals surface area contributed by atoms with Crippen LogP contribution < -0.4 is 18.8 Å². The molecule has 0 fully saturated rings. The van der Waals surface area contributed by atoms with Crippen molar-refractivity contribution in [3.05, 3.63) is 46.3 Å². The maximum absolute atomic E-state index is 11.2. The Hall–Kier alpha value is -2.66. The van der Waals surface area contributed by atoms with Crippen molar-refractivity contribution in [2.75, 3.05) is 27.1 Å². The van der Waals surface area contributed by atoms with Crippen LogP contribution in [-0.4, -0.2) is 40.1 Å². The highest BCUT2D eigenvalue weighted by Crippen LogP contribution is 2.38. The van der Waals surface area contributed by atoms with Gasteiger partial charge in [-0.05, 0) is 35.2 Å². The summed E-state index contributed by atoms with van der Waals surface area (Å²) in [5.74, 6) is 1.68. The summed E-state index contributed by atoms with van der Waals surface area (Å²) in [5, 5.41) is 3.95. The molecule has 0 saturated carbocycles. The summed E-state index contributed by atoms with van der Waals surface area (Å²) in [7, 11) is 0.558. The van der Waals surface area contributed by atoms with E-state index in [0.717, 1.165) is 36.6 Å². The molecule has 0 N–H and O–H groups in total. The zero-order valence-corrected chi connectivity index (χ0v) is 20.8. The number of aromatic nitrogens is 1. The van der Waals surface area contributed by atoms with E-state index in [9.17, 15) is 13.0 Å². The minimum Gasteiger partial charge on any atom is -0.748 e. The molecule has 4 aromatic rings. The Labute approximate surface area is 200 Å². The summed E-state index contributed by atoms with van der Waals surface area (Å²) < 4.78 is 54.0. The number of thiophene rings is 1. The van der Waals surface area contributed by atoms with Gasteiger partial charge in [0.05, 0.1) is 31.4 Å². The van der Waals surface area contributed by atoms with E-state index in [1.165, 1.54) is 0 Å². The van der Waals surface area contributed by atoms with Crippen LogP contribution in [0.1, 0.15) is 17.0 Å². The molecule has 2 heterocycles. The first-order chi connectivity index (χ1) is 15.8. The maximum Gasteiger partial charge on any atom is 0.262 e. The Morgan fingerprint density at radius 2 is 1.76 bits per heavy atom. The molecule has 0 radical (unpaired) electrons. The van der Waals surface area contributed by atoms with Gasteiger partial charge in [0.15, 0.2) is 18.0 Å². The highest BCUT2D eigenvalue weighted by molar-refractivity contribution is 7.85. The first kappa shape index (κ1) is 23.5. The van der Waals surface area contributed by atoms with Crippen LogP contribution in [0.3, 0.4) is 0 Å². The van der Waals surface area contributed by atoms with Gasteiger partial charge in [0.25, 0.3) is 5.01 Å². The van der Waals surface area contributed by atoms with Crippen LogP contribution in [-0.2, 0) is 16.7 Å². The molecule has 0 amide bonds. The van der Waals surface area contributed by atoms with Crippen molar-refractivity contribution < 1.29 is 31.7 Å². The molecule has 0 unspecified atom stereocenters. The first-order valence-electron chi connectivity index (χ1n) is 10.1. The van der Waals surface area contributed by atoms with Gasteiger partial charge in [-0.1, -0.05) is 17.4 Å². The van der Waals surface area contributed by atoms with Gasteiger partial charge in [0.2, 0.25) is 5.52 Å². The molecule has 10 heteroatoms. The van der Waals surface area contributed by atoms with Crippen molar-refractivity contribution >= 4 is 65.2 Å². The number of rotatable bonds is 9. The average Bonchev–Trinajstić information content (AvgIpc) is 3.40. The Morgan fingerprint density at radius 3 is 2.45 bits per heavy atom. The molecule has 0 spiro atoms.